The highest BCUT2D eigenvalue weighted by molar-refractivity contribution is 6.71. The van der Waals surface area contributed by atoms with E-state index in [9.17, 15) is 4.79 Å². The first-order valence-corrected chi connectivity index (χ1v) is 23.8. The summed E-state index contributed by atoms with van der Waals surface area (Å²) in [7, 11) is -7.66. The third-order valence-corrected chi connectivity index (χ3v) is 7.58. The van der Waals surface area contributed by atoms with Crippen molar-refractivity contribution >= 4 is 39.2 Å². The minimum absolute atomic E-state index is 0.335. The highest BCUT2D eigenvalue weighted by Crippen LogP contribution is 2.31. The van der Waals surface area contributed by atoms with Gasteiger partial charge in [0, 0.05) is 0 Å². The smallest absolute Gasteiger partial charge is 0.337 e. The van der Waals surface area contributed by atoms with Crippen LogP contribution in [-0.2, 0) is 27.2 Å². The molecule has 0 bridgehead atoms. The molecule has 166 valence electrons. The van der Waals surface area contributed by atoms with Crippen molar-refractivity contribution in [2.75, 3.05) is 6.61 Å². The fraction of sp³-hybridized carbons (Fsp3) is 0.944. The van der Waals surface area contributed by atoms with Gasteiger partial charge in [0.2, 0.25) is 0 Å². The quantitative estimate of drug-likeness (QED) is 0.370. The summed E-state index contributed by atoms with van der Waals surface area (Å²) in [5, 5.41) is 0. The molecule has 6 nitrogen and oxygen atoms in total. The fourth-order valence-corrected chi connectivity index (χ4v) is 6.68. The third kappa shape index (κ3) is 9.79. The van der Waals surface area contributed by atoms with E-state index in [-0.39, 0.29) is 12.1 Å². The van der Waals surface area contributed by atoms with Gasteiger partial charge in [-0.3, -0.25) is 0 Å². The lowest BCUT2D eigenvalue weighted by molar-refractivity contribution is -0.198. The first kappa shape index (κ1) is 26.2. The summed E-state index contributed by atoms with van der Waals surface area (Å²) in [6.07, 6.45) is -2.08. The average molecular weight is 467 g/mol. The van der Waals surface area contributed by atoms with E-state index in [1.165, 1.54) is 0 Å². The van der Waals surface area contributed by atoms with Crippen LogP contribution in [0, 0.1) is 0 Å². The Kier molecular flexibility index (Phi) is 8.54. The van der Waals surface area contributed by atoms with Crippen LogP contribution in [0.4, 0.5) is 0 Å². The van der Waals surface area contributed by atoms with Crippen LogP contribution in [0.3, 0.4) is 0 Å². The molecule has 28 heavy (non-hydrogen) atoms. The van der Waals surface area contributed by atoms with Gasteiger partial charge in [0.1, 0.15) is 12.2 Å². The Morgan fingerprint density at radius 3 is 1.50 bits per heavy atom. The number of rotatable bonds is 9. The van der Waals surface area contributed by atoms with E-state index in [2.05, 4.69) is 78.6 Å². The molecule has 0 N–H and O–H groups in total. The van der Waals surface area contributed by atoms with Crippen molar-refractivity contribution in [3.8, 4) is 0 Å². The minimum atomic E-state index is -2.00. The molecule has 1 saturated heterocycles. The number of cyclic esters (lactones) is 1. The first-order chi connectivity index (χ1) is 12.3. The maximum atomic E-state index is 12.9. The number of hydrogen-bond donors (Lipinski definition) is 0. The lowest BCUT2D eigenvalue weighted by atomic mass is 10.0. The molecule has 0 saturated carbocycles. The summed E-state index contributed by atoms with van der Waals surface area (Å²) in [4.78, 5) is 12.9. The van der Waals surface area contributed by atoms with Gasteiger partial charge in [0.25, 0.3) is 0 Å². The molecule has 1 rings (SSSR count). The molecule has 0 aliphatic carbocycles. The second-order valence-electron chi connectivity index (χ2n) is 11.4. The Hall–Kier alpha value is 0.178. The molecule has 0 aromatic rings. The van der Waals surface area contributed by atoms with Crippen LogP contribution in [0.15, 0.2) is 0 Å². The summed E-state index contributed by atoms with van der Waals surface area (Å²) in [5.41, 5.74) is 0. The van der Waals surface area contributed by atoms with E-state index in [0.29, 0.717) is 6.61 Å². The van der Waals surface area contributed by atoms with Crippen LogP contribution in [0.25, 0.3) is 0 Å². The number of ether oxygens (including phenoxy) is 1. The van der Waals surface area contributed by atoms with Crippen molar-refractivity contribution in [2.24, 2.45) is 0 Å². The van der Waals surface area contributed by atoms with Crippen LogP contribution in [0.5, 0.6) is 0 Å². The van der Waals surface area contributed by atoms with Crippen molar-refractivity contribution in [1.29, 1.82) is 0 Å². The SMILES string of the molecule is C[Si](C)(C)OC[C@H]1OC(=O)[C@H](O[Si](C)(C)C)[C@@H](O[Si](C)(C)C)C1O[Si](C)(C)C. The van der Waals surface area contributed by atoms with Gasteiger partial charge in [-0.15, -0.1) is 0 Å². The van der Waals surface area contributed by atoms with E-state index in [4.69, 9.17) is 22.4 Å². The molecule has 1 heterocycles. The molecule has 1 fully saturated rings. The molecule has 0 aromatic heterocycles. The van der Waals surface area contributed by atoms with E-state index >= 15 is 0 Å². The second-order valence-corrected chi connectivity index (χ2v) is 29.3. The highest BCUT2D eigenvalue weighted by atomic mass is 28.4. The summed E-state index contributed by atoms with van der Waals surface area (Å²) >= 11 is 0. The Balaban J connectivity index is 3.28. The van der Waals surface area contributed by atoms with Crippen LogP contribution < -0.4 is 0 Å². The summed E-state index contributed by atoms with van der Waals surface area (Å²) < 4.78 is 31.2. The monoisotopic (exact) mass is 466 g/mol. The van der Waals surface area contributed by atoms with Gasteiger partial charge in [-0.25, -0.2) is 4.79 Å². The number of carbonyl (C=O) groups excluding carboxylic acids is 1. The fourth-order valence-electron chi connectivity index (χ4n) is 2.85. The Morgan fingerprint density at radius 1 is 0.679 bits per heavy atom. The molecular weight excluding hydrogens is 425 g/mol. The molecule has 0 amide bonds. The van der Waals surface area contributed by atoms with Gasteiger partial charge in [-0.05, 0) is 78.6 Å². The topological polar surface area (TPSA) is 63.2 Å². The van der Waals surface area contributed by atoms with Gasteiger partial charge in [0.05, 0.1) is 6.61 Å². The normalized spacial score (nSPS) is 27.6. The molecule has 4 atom stereocenters. The molecule has 0 radical (unpaired) electrons. The van der Waals surface area contributed by atoms with Crippen LogP contribution in [0.2, 0.25) is 78.6 Å². The highest BCUT2D eigenvalue weighted by Gasteiger charge is 2.52. The van der Waals surface area contributed by atoms with Crippen molar-refractivity contribution in [2.45, 2.75) is 103 Å². The Labute approximate surface area is 176 Å². The molecule has 1 aliphatic rings. The molecular formula is C18H42O6Si4. The average Bonchev–Trinajstić information content (AvgIpc) is 2.39. The van der Waals surface area contributed by atoms with Crippen molar-refractivity contribution in [1.82, 2.24) is 0 Å². The van der Waals surface area contributed by atoms with Gasteiger partial charge < -0.3 is 22.4 Å². The molecule has 1 aliphatic heterocycles. The number of esters is 1. The summed E-state index contributed by atoms with van der Waals surface area (Å²) in [6.45, 7) is 25.7. The maximum Gasteiger partial charge on any atom is 0.337 e. The Morgan fingerprint density at radius 2 is 1.11 bits per heavy atom. The van der Waals surface area contributed by atoms with Gasteiger partial charge >= 0.3 is 5.97 Å². The van der Waals surface area contributed by atoms with E-state index in [1.54, 1.807) is 0 Å². The van der Waals surface area contributed by atoms with E-state index in [1.807, 2.05) is 0 Å². The summed E-state index contributed by atoms with van der Waals surface area (Å²) in [5.74, 6) is -0.356. The predicted molar refractivity (Wildman–Crippen MR) is 124 cm³/mol. The van der Waals surface area contributed by atoms with Crippen LogP contribution in [-0.4, -0.2) is 70.3 Å². The van der Waals surface area contributed by atoms with Crippen molar-refractivity contribution < 1.29 is 27.2 Å². The lowest BCUT2D eigenvalue weighted by Gasteiger charge is -2.47. The summed E-state index contributed by atoms with van der Waals surface area (Å²) in [6, 6.07) is 0. The zero-order valence-electron chi connectivity index (χ0n) is 20.0. The minimum Gasteiger partial charge on any atom is -0.455 e. The van der Waals surface area contributed by atoms with Crippen molar-refractivity contribution in [3.05, 3.63) is 0 Å². The second kappa shape index (κ2) is 9.12. The predicted octanol–water partition coefficient (Wildman–Crippen LogP) is 4.42. The third-order valence-electron chi connectivity index (χ3n) is 3.63. The van der Waals surface area contributed by atoms with Gasteiger partial charge in [0.15, 0.2) is 45.5 Å². The number of hydrogen-bond acceptors (Lipinski definition) is 6. The van der Waals surface area contributed by atoms with E-state index in [0.717, 1.165) is 0 Å². The molecule has 0 spiro atoms. The lowest BCUT2D eigenvalue weighted by Crippen LogP contribution is -2.64. The van der Waals surface area contributed by atoms with Gasteiger partial charge in [-0.2, -0.15) is 0 Å². The van der Waals surface area contributed by atoms with Crippen LogP contribution in [0.1, 0.15) is 0 Å². The molecule has 10 heteroatoms. The zero-order valence-corrected chi connectivity index (χ0v) is 24.0. The standard InChI is InChI=1S/C18H42O6Si4/c1-25(2,3)20-13-14-15(22-26(4,5)6)16(23-27(7,8)9)17(18(19)21-14)24-28(10,11)12/h14-17H,13H2,1-12H3/t14-,15?,16+,17-/m1/s1. The molecule has 0 aromatic carbocycles. The van der Waals surface area contributed by atoms with Crippen molar-refractivity contribution in [3.63, 3.8) is 0 Å². The van der Waals surface area contributed by atoms with E-state index < -0.39 is 51.6 Å². The largest absolute Gasteiger partial charge is 0.455 e. The van der Waals surface area contributed by atoms with Crippen LogP contribution >= 0.6 is 0 Å². The zero-order chi connectivity index (χ0) is 22.1. The molecule has 1 unspecified atom stereocenters. The number of carbonyl (C=O) groups is 1. The maximum absolute atomic E-state index is 12.9. The first-order valence-electron chi connectivity index (χ1n) is 10.2. The van der Waals surface area contributed by atoms with Gasteiger partial charge in [-0.1, -0.05) is 0 Å². The Bertz CT molecular complexity index is 530.